The molecule has 2 unspecified atom stereocenters. The van der Waals surface area contributed by atoms with E-state index >= 15 is 0 Å². The normalized spacial score (nSPS) is 14.2. The van der Waals surface area contributed by atoms with Crippen LogP contribution in [0.15, 0.2) is 0 Å². The molecule has 356 valence electrons. The summed E-state index contributed by atoms with van der Waals surface area (Å²) in [6, 6.07) is 0.686. The number of carbonyl (C=O) groups excluding carboxylic acids is 2. The molecule has 0 bridgehead atoms. The molecule has 1 rings (SSSR count). The van der Waals surface area contributed by atoms with Crippen molar-refractivity contribution in [1.29, 1.82) is 0 Å². The predicted molar refractivity (Wildman–Crippen MR) is 257 cm³/mol. The van der Waals surface area contributed by atoms with Gasteiger partial charge >= 0.3 is 11.9 Å². The van der Waals surface area contributed by atoms with Crippen molar-refractivity contribution < 1.29 is 24.2 Å². The van der Waals surface area contributed by atoms with Gasteiger partial charge in [-0.05, 0) is 70.4 Å². The minimum absolute atomic E-state index is 0.0434. The maximum absolute atomic E-state index is 13.3. The van der Waals surface area contributed by atoms with Crippen molar-refractivity contribution >= 4 is 11.9 Å². The van der Waals surface area contributed by atoms with E-state index in [1.807, 2.05) is 0 Å². The SMILES string of the molecule is CCCCCCCCCCCCCCCC(=O)OCC(CCCCN(CCN(CCO)CCCCC)C1CCC1)COC(=O)CC(CCCCCC)CCCCCCCC. The van der Waals surface area contributed by atoms with E-state index in [9.17, 15) is 14.7 Å². The highest BCUT2D eigenvalue weighted by Crippen LogP contribution is 2.26. The number of unbranched alkanes of at least 4 members (excludes halogenated alkanes) is 23. The second-order valence-corrected chi connectivity index (χ2v) is 19.1. The van der Waals surface area contributed by atoms with Gasteiger partial charge in [-0.25, -0.2) is 0 Å². The van der Waals surface area contributed by atoms with Gasteiger partial charge in [0.1, 0.15) is 0 Å². The summed E-state index contributed by atoms with van der Waals surface area (Å²) < 4.78 is 11.9. The van der Waals surface area contributed by atoms with Gasteiger partial charge in [-0.15, -0.1) is 0 Å². The quantitative estimate of drug-likeness (QED) is 0.0483. The van der Waals surface area contributed by atoms with Crippen LogP contribution in [0.1, 0.15) is 259 Å². The van der Waals surface area contributed by atoms with Crippen LogP contribution < -0.4 is 0 Å². The molecule has 60 heavy (non-hydrogen) atoms. The summed E-state index contributed by atoms with van der Waals surface area (Å²) in [5, 5.41) is 9.68. The summed E-state index contributed by atoms with van der Waals surface area (Å²) in [4.78, 5) is 31.4. The number of aliphatic hydroxyl groups excluding tert-OH is 1. The van der Waals surface area contributed by atoms with Crippen LogP contribution in [-0.2, 0) is 19.1 Å². The average molecular weight is 849 g/mol. The van der Waals surface area contributed by atoms with Crippen LogP contribution in [0.5, 0.6) is 0 Å². The maximum atomic E-state index is 13.3. The van der Waals surface area contributed by atoms with E-state index in [4.69, 9.17) is 9.47 Å². The Balaban J connectivity index is 2.64. The van der Waals surface area contributed by atoms with Crippen LogP contribution in [0.25, 0.3) is 0 Å². The van der Waals surface area contributed by atoms with Gasteiger partial charge in [-0.2, -0.15) is 0 Å². The van der Waals surface area contributed by atoms with Gasteiger partial charge in [0, 0.05) is 44.4 Å². The van der Waals surface area contributed by atoms with Crippen LogP contribution in [0.3, 0.4) is 0 Å². The van der Waals surface area contributed by atoms with Gasteiger partial charge in [-0.3, -0.25) is 19.4 Å². The number of carbonyl (C=O) groups is 2. The van der Waals surface area contributed by atoms with Crippen LogP contribution >= 0.6 is 0 Å². The molecule has 0 aliphatic heterocycles. The summed E-state index contributed by atoms with van der Waals surface area (Å²) in [6.45, 7) is 15.0. The standard InChI is InChI=1S/C53H104N2O5/c1-5-9-13-16-18-19-20-21-22-23-24-26-29-39-52(57)59-47-50(48-60-53(58)46-49(34-27-15-11-7-3)35-28-25-17-14-10-6-2)36-30-32-41-55(51-37-33-38-51)43-42-54(44-45-56)40-31-12-8-4/h49-51,56H,5-48H2,1-4H3. The largest absolute Gasteiger partial charge is 0.465 e. The maximum Gasteiger partial charge on any atom is 0.306 e. The number of rotatable bonds is 47. The summed E-state index contributed by atoms with van der Waals surface area (Å²) in [6.07, 6.45) is 43.4. The molecule has 2 atom stereocenters. The van der Waals surface area contributed by atoms with Gasteiger partial charge in [0.2, 0.25) is 0 Å². The van der Waals surface area contributed by atoms with Crippen molar-refractivity contribution in [3.8, 4) is 0 Å². The third-order valence-corrected chi connectivity index (χ3v) is 13.4. The van der Waals surface area contributed by atoms with Crippen molar-refractivity contribution in [1.82, 2.24) is 9.80 Å². The second kappa shape index (κ2) is 43.1. The van der Waals surface area contributed by atoms with Gasteiger partial charge in [0.25, 0.3) is 0 Å². The average Bonchev–Trinajstić information content (AvgIpc) is 3.22. The highest BCUT2D eigenvalue weighted by atomic mass is 16.5. The number of ether oxygens (including phenoxy) is 2. The Hall–Kier alpha value is -1.18. The van der Waals surface area contributed by atoms with E-state index in [0.29, 0.717) is 38.0 Å². The Kier molecular flexibility index (Phi) is 40.8. The minimum Gasteiger partial charge on any atom is -0.465 e. The van der Waals surface area contributed by atoms with E-state index < -0.39 is 0 Å². The Morgan fingerprint density at radius 2 is 0.917 bits per heavy atom. The molecule has 7 heteroatoms. The summed E-state index contributed by atoms with van der Waals surface area (Å²) in [5.41, 5.74) is 0. The third-order valence-electron chi connectivity index (χ3n) is 13.4. The number of aliphatic hydroxyl groups is 1. The first-order valence-corrected chi connectivity index (χ1v) is 26.9. The van der Waals surface area contributed by atoms with Crippen LogP contribution in [0.4, 0.5) is 0 Å². The summed E-state index contributed by atoms with van der Waals surface area (Å²) >= 11 is 0. The highest BCUT2D eigenvalue weighted by Gasteiger charge is 2.25. The van der Waals surface area contributed by atoms with Crippen molar-refractivity contribution in [2.45, 2.75) is 265 Å². The number of hydrogen-bond donors (Lipinski definition) is 1. The lowest BCUT2D eigenvalue weighted by Crippen LogP contribution is -2.45. The molecule has 1 aliphatic carbocycles. The molecule has 0 aromatic carbocycles. The Bertz CT molecular complexity index is 929. The van der Waals surface area contributed by atoms with E-state index in [-0.39, 0.29) is 24.5 Å². The zero-order chi connectivity index (χ0) is 43.6. The lowest BCUT2D eigenvalue weighted by atomic mass is 9.91. The minimum atomic E-state index is -0.0944. The van der Waals surface area contributed by atoms with E-state index in [1.165, 1.54) is 173 Å². The summed E-state index contributed by atoms with van der Waals surface area (Å²) in [5.74, 6) is 0.298. The first-order chi connectivity index (χ1) is 29.5. The molecular formula is C53H104N2O5. The highest BCUT2D eigenvalue weighted by molar-refractivity contribution is 5.70. The van der Waals surface area contributed by atoms with Crippen molar-refractivity contribution in [2.75, 3.05) is 52.5 Å². The van der Waals surface area contributed by atoms with Crippen LogP contribution in [-0.4, -0.2) is 85.4 Å². The molecule has 0 radical (unpaired) electrons. The molecule has 0 heterocycles. The third kappa shape index (κ3) is 34.3. The molecule has 0 saturated heterocycles. The molecule has 1 N–H and O–H groups in total. The van der Waals surface area contributed by atoms with Crippen LogP contribution in [0, 0.1) is 11.8 Å². The fourth-order valence-corrected chi connectivity index (χ4v) is 9.02. The molecule has 0 aromatic rings. The van der Waals surface area contributed by atoms with E-state index in [0.717, 1.165) is 77.7 Å². The van der Waals surface area contributed by atoms with Crippen molar-refractivity contribution in [2.24, 2.45) is 11.8 Å². The van der Waals surface area contributed by atoms with Gasteiger partial charge in [-0.1, -0.05) is 195 Å². The predicted octanol–water partition coefficient (Wildman–Crippen LogP) is 14.4. The van der Waals surface area contributed by atoms with E-state index in [1.54, 1.807) is 0 Å². The molecular weight excluding hydrogens is 745 g/mol. The van der Waals surface area contributed by atoms with Gasteiger partial charge in [0.15, 0.2) is 0 Å². The first kappa shape index (κ1) is 56.8. The van der Waals surface area contributed by atoms with Crippen molar-refractivity contribution in [3.05, 3.63) is 0 Å². The molecule has 1 saturated carbocycles. The van der Waals surface area contributed by atoms with Crippen molar-refractivity contribution in [3.63, 3.8) is 0 Å². The fraction of sp³-hybridized carbons (Fsp3) is 0.962. The molecule has 0 aromatic heterocycles. The number of hydrogen-bond acceptors (Lipinski definition) is 7. The Morgan fingerprint density at radius 1 is 0.483 bits per heavy atom. The zero-order valence-corrected chi connectivity index (χ0v) is 40.8. The lowest BCUT2D eigenvalue weighted by Gasteiger charge is -2.39. The number of esters is 2. The van der Waals surface area contributed by atoms with E-state index in [2.05, 4.69) is 37.5 Å². The molecule has 0 spiro atoms. The fourth-order valence-electron chi connectivity index (χ4n) is 9.02. The van der Waals surface area contributed by atoms with Crippen LogP contribution in [0.2, 0.25) is 0 Å². The summed E-state index contributed by atoms with van der Waals surface area (Å²) in [7, 11) is 0. The first-order valence-electron chi connectivity index (χ1n) is 26.9. The smallest absolute Gasteiger partial charge is 0.306 e. The Labute approximate surface area is 374 Å². The molecule has 0 amide bonds. The zero-order valence-electron chi connectivity index (χ0n) is 40.8. The Morgan fingerprint density at radius 3 is 1.43 bits per heavy atom. The molecule has 7 nitrogen and oxygen atoms in total. The van der Waals surface area contributed by atoms with Gasteiger partial charge < -0.3 is 14.6 Å². The topological polar surface area (TPSA) is 79.3 Å². The number of nitrogens with zero attached hydrogens (tertiary/aromatic N) is 2. The van der Waals surface area contributed by atoms with Gasteiger partial charge in [0.05, 0.1) is 19.8 Å². The second-order valence-electron chi connectivity index (χ2n) is 19.1. The molecule has 1 aliphatic rings. The monoisotopic (exact) mass is 849 g/mol. The lowest BCUT2D eigenvalue weighted by molar-refractivity contribution is -0.150. The molecule has 1 fully saturated rings.